The molecular weight excluding hydrogens is 310 g/mol. The summed E-state index contributed by atoms with van der Waals surface area (Å²) in [7, 11) is 0. The topological polar surface area (TPSA) is 135 Å². The summed E-state index contributed by atoms with van der Waals surface area (Å²) in [6.45, 7) is 2.72. The summed E-state index contributed by atoms with van der Waals surface area (Å²) in [6.07, 6.45) is -2.81. The molecule has 0 saturated carbocycles. The molecule has 0 aromatic heterocycles. The molecule has 0 aromatic carbocycles. The lowest BCUT2D eigenvalue weighted by Gasteiger charge is -2.35. The maximum absolute atomic E-state index is 11.2. The molecule has 9 heteroatoms. The van der Waals surface area contributed by atoms with Crippen molar-refractivity contribution in [3.8, 4) is 0 Å². The minimum atomic E-state index is -1.01. The zero-order valence-electron chi connectivity index (χ0n) is 13.1. The molecule has 0 spiro atoms. The highest BCUT2D eigenvalue weighted by molar-refractivity contribution is 5.80. The number of carboxylic acid groups (broad SMARTS) is 1. The second kappa shape index (κ2) is 10.5. The fourth-order valence-electron chi connectivity index (χ4n) is 1.99. The van der Waals surface area contributed by atoms with Crippen LogP contribution in [0.5, 0.6) is 0 Å². The number of nitrogens with one attached hydrogen (secondary N) is 1. The number of amides is 1. The van der Waals surface area contributed by atoms with Crippen LogP contribution in [-0.2, 0) is 23.8 Å². The number of aliphatic hydroxyl groups is 2. The van der Waals surface area contributed by atoms with E-state index < -0.39 is 30.6 Å². The van der Waals surface area contributed by atoms with Crippen molar-refractivity contribution in [3.63, 3.8) is 0 Å². The van der Waals surface area contributed by atoms with Gasteiger partial charge in [-0.25, -0.2) is 0 Å². The van der Waals surface area contributed by atoms with Gasteiger partial charge in [-0.3, -0.25) is 9.59 Å². The third-order valence-corrected chi connectivity index (χ3v) is 3.33. The SMILES string of the molecule is C[C@@H]1OC(OCCOCCNC(=O)CCC(=O)O)[C@H](O)CC1O. The van der Waals surface area contributed by atoms with E-state index in [1.165, 1.54) is 0 Å². The molecule has 0 aliphatic carbocycles. The van der Waals surface area contributed by atoms with Crippen LogP contribution in [0.4, 0.5) is 0 Å². The van der Waals surface area contributed by atoms with Gasteiger partial charge < -0.3 is 34.8 Å². The Morgan fingerprint density at radius 1 is 1.17 bits per heavy atom. The standard InChI is InChI=1S/C14H25NO8/c1-9-10(16)8-11(17)14(23-9)22-7-6-21-5-4-15-12(18)2-3-13(19)20/h9-11,14,16-17H,2-8H2,1H3,(H,15,18)(H,19,20)/t9-,10?,11+,14?/m0/s1. The van der Waals surface area contributed by atoms with Gasteiger partial charge in [-0.05, 0) is 6.92 Å². The second-order valence-corrected chi connectivity index (χ2v) is 5.31. The average molecular weight is 335 g/mol. The number of carbonyl (C=O) groups excluding carboxylic acids is 1. The summed E-state index contributed by atoms with van der Waals surface area (Å²) in [6, 6.07) is 0. The number of aliphatic carboxylic acids is 1. The second-order valence-electron chi connectivity index (χ2n) is 5.31. The first-order valence-electron chi connectivity index (χ1n) is 7.59. The van der Waals surface area contributed by atoms with Crippen molar-refractivity contribution in [2.75, 3.05) is 26.4 Å². The number of hydrogen-bond donors (Lipinski definition) is 4. The summed E-state index contributed by atoms with van der Waals surface area (Å²) < 4.78 is 15.9. The molecule has 1 rings (SSSR count). The van der Waals surface area contributed by atoms with Crippen molar-refractivity contribution < 1.29 is 39.1 Å². The van der Waals surface area contributed by atoms with Gasteiger partial charge in [-0.2, -0.15) is 0 Å². The van der Waals surface area contributed by atoms with E-state index in [-0.39, 0.29) is 51.5 Å². The number of ether oxygens (including phenoxy) is 3. The van der Waals surface area contributed by atoms with E-state index in [2.05, 4.69) is 5.32 Å². The van der Waals surface area contributed by atoms with Gasteiger partial charge in [0.05, 0.1) is 38.4 Å². The molecule has 1 amide bonds. The normalized spacial score (nSPS) is 27.6. The minimum Gasteiger partial charge on any atom is -0.481 e. The molecule has 0 radical (unpaired) electrons. The van der Waals surface area contributed by atoms with Crippen molar-refractivity contribution in [3.05, 3.63) is 0 Å². The molecule has 2 unspecified atom stereocenters. The molecule has 4 N–H and O–H groups in total. The van der Waals surface area contributed by atoms with Gasteiger partial charge in [0.15, 0.2) is 6.29 Å². The maximum Gasteiger partial charge on any atom is 0.303 e. The van der Waals surface area contributed by atoms with Crippen molar-refractivity contribution >= 4 is 11.9 Å². The predicted molar refractivity (Wildman–Crippen MR) is 77.6 cm³/mol. The molecule has 9 nitrogen and oxygen atoms in total. The van der Waals surface area contributed by atoms with Crippen LogP contribution in [0.1, 0.15) is 26.2 Å². The highest BCUT2D eigenvalue weighted by atomic mass is 16.7. The number of aliphatic hydroxyl groups excluding tert-OH is 2. The largest absolute Gasteiger partial charge is 0.481 e. The predicted octanol–water partition coefficient (Wildman–Crippen LogP) is -1.14. The van der Waals surface area contributed by atoms with E-state index in [4.69, 9.17) is 19.3 Å². The minimum absolute atomic E-state index is 0.0562. The summed E-state index contributed by atoms with van der Waals surface area (Å²) in [5, 5.41) is 30.2. The van der Waals surface area contributed by atoms with E-state index in [1.807, 2.05) is 0 Å². The Labute approximate surface area is 134 Å². The molecule has 1 fully saturated rings. The number of carbonyl (C=O) groups is 2. The molecule has 1 saturated heterocycles. The molecule has 1 aliphatic heterocycles. The fourth-order valence-corrected chi connectivity index (χ4v) is 1.99. The first-order chi connectivity index (χ1) is 10.9. The first kappa shape index (κ1) is 19.8. The molecule has 23 heavy (non-hydrogen) atoms. The van der Waals surface area contributed by atoms with E-state index in [0.717, 1.165) is 0 Å². The van der Waals surface area contributed by atoms with Gasteiger partial charge in [0, 0.05) is 19.4 Å². The number of carboxylic acids is 1. The lowest BCUT2D eigenvalue weighted by atomic mass is 10.0. The monoisotopic (exact) mass is 335 g/mol. The molecule has 0 aromatic rings. The molecule has 1 aliphatic rings. The smallest absolute Gasteiger partial charge is 0.303 e. The van der Waals surface area contributed by atoms with Gasteiger partial charge in [-0.1, -0.05) is 0 Å². The van der Waals surface area contributed by atoms with E-state index in [9.17, 15) is 19.8 Å². The quantitative estimate of drug-likeness (QED) is 0.368. The Morgan fingerprint density at radius 3 is 2.61 bits per heavy atom. The third-order valence-electron chi connectivity index (χ3n) is 3.33. The van der Waals surface area contributed by atoms with Gasteiger partial charge >= 0.3 is 5.97 Å². The van der Waals surface area contributed by atoms with Gasteiger partial charge in [0.1, 0.15) is 6.10 Å². The zero-order chi connectivity index (χ0) is 17.2. The van der Waals surface area contributed by atoms with Crippen molar-refractivity contribution in [1.29, 1.82) is 0 Å². The fraction of sp³-hybridized carbons (Fsp3) is 0.857. The number of rotatable bonds is 10. The maximum atomic E-state index is 11.2. The first-order valence-corrected chi connectivity index (χ1v) is 7.59. The van der Waals surface area contributed by atoms with Crippen LogP contribution in [0.25, 0.3) is 0 Å². The van der Waals surface area contributed by atoms with Gasteiger partial charge in [0.25, 0.3) is 0 Å². The molecular formula is C14H25NO8. The van der Waals surface area contributed by atoms with Crippen LogP contribution in [0, 0.1) is 0 Å². The van der Waals surface area contributed by atoms with E-state index in [0.29, 0.717) is 0 Å². The third kappa shape index (κ3) is 8.24. The van der Waals surface area contributed by atoms with Crippen molar-refractivity contribution in [2.45, 2.75) is 50.8 Å². The lowest BCUT2D eigenvalue weighted by molar-refractivity contribution is -0.263. The summed E-state index contributed by atoms with van der Waals surface area (Å²) in [5.74, 6) is -1.35. The van der Waals surface area contributed by atoms with Crippen molar-refractivity contribution in [2.24, 2.45) is 0 Å². The van der Waals surface area contributed by atoms with Crippen LogP contribution in [-0.4, -0.2) is 78.2 Å². The molecule has 4 atom stereocenters. The molecule has 1 heterocycles. The highest BCUT2D eigenvalue weighted by Crippen LogP contribution is 2.20. The summed E-state index contributed by atoms with van der Waals surface area (Å²) in [5.41, 5.74) is 0. The van der Waals surface area contributed by atoms with Crippen LogP contribution in [0.3, 0.4) is 0 Å². The van der Waals surface area contributed by atoms with Crippen molar-refractivity contribution in [1.82, 2.24) is 5.32 Å². The molecule has 0 bridgehead atoms. The highest BCUT2D eigenvalue weighted by Gasteiger charge is 2.34. The Balaban J connectivity index is 1.99. The van der Waals surface area contributed by atoms with Gasteiger partial charge in [0.2, 0.25) is 5.91 Å². The summed E-state index contributed by atoms with van der Waals surface area (Å²) in [4.78, 5) is 21.5. The number of hydrogen-bond acceptors (Lipinski definition) is 7. The Morgan fingerprint density at radius 2 is 1.91 bits per heavy atom. The summed E-state index contributed by atoms with van der Waals surface area (Å²) >= 11 is 0. The lowest BCUT2D eigenvalue weighted by Crippen LogP contribution is -2.47. The Bertz CT molecular complexity index is 378. The zero-order valence-corrected chi connectivity index (χ0v) is 13.1. The van der Waals surface area contributed by atoms with E-state index >= 15 is 0 Å². The average Bonchev–Trinajstić information content (AvgIpc) is 2.49. The Hall–Kier alpha value is -1.26. The van der Waals surface area contributed by atoms with Crippen LogP contribution < -0.4 is 5.32 Å². The van der Waals surface area contributed by atoms with Crippen LogP contribution >= 0.6 is 0 Å². The van der Waals surface area contributed by atoms with Gasteiger partial charge in [-0.15, -0.1) is 0 Å². The van der Waals surface area contributed by atoms with Crippen LogP contribution in [0.15, 0.2) is 0 Å². The molecule has 134 valence electrons. The van der Waals surface area contributed by atoms with E-state index in [1.54, 1.807) is 6.92 Å². The Kier molecular flexibility index (Phi) is 9.03. The van der Waals surface area contributed by atoms with Crippen LogP contribution in [0.2, 0.25) is 0 Å².